The first-order valence-corrected chi connectivity index (χ1v) is 5.98. The highest BCUT2D eigenvalue weighted by Gasteiger charge is 2.08. The lowest BCUT2D eigenvalue weighted by Crippen LogP contribution is -2.42. The molecule has 1 aromatic rings. The zero-order valence-electron chi connectivity index (χ0n) is 11.3. The molecule has 0 fully saturated rings. The molecule has 1 rings (SSSR count). The smallest absolute Gasteiger partial charge is 0.338 e. The summed E-state index contributed by atoms with van der Waals surface area (Å²) in [6.07, 6.45) is 0. The molecule has 0 atom stereocenters. The van der Waals surface area contributed by atoms with E-state index >= 15 is 0 Å². The van der Waals surface area contributed by atoms with E-state index < -0.39 is 11.9 Å². The predicted octanol–water partition coefficient (Wildman–Crippen LogP) is 0.409. The normalized spacial score (nSPS) is 9.50. The maximum absolute atomic E-state index is 11.5. The quantitative estimate of drug-likeness (QED) is 0.602. The summed E-state index contributed by atoms with van der Waals surface area (Å²) in [7, 11) is 0. The van der Waals surface area contributed by atoms with Gasteiger partial charge < -0.3 is 9.47 Å². The molecule has 0 spiro atoms. The van der Waals surface area contributed by atoms with Crippen LogP contribution < -0.4 is 15.6 Å². The van der Waals surface area contributed by atoms with E-state index in [0.717, 1.165) is 0 Å². The van der Waals surface area contributed by atoms with Crippen LogP contribution >= 0.6 is 0 Å². The first-order chi connectivity index (χ1) is 9.52. The van der Waals surface area contributed by atoms with Gasteiger partial charge in [0.15, 0.2) is 6.61 Å². The highest BCUT2D eigenvalue weighted by atomic mass is 16.5. The summed E-state index contributed by atoms with van der Waals surface area (Å²) in [4.78, 5) is 33.4. The third kappa shape index (κ3) is 5.38. The van der Waals surface area contributed by atoms with Crippen LogP contribution in [0.4, 0.5) is 0 Å². The lowest BCUT2D eigenvalue weighted by molar-refractivity contribution is -0.129. The molecule has 0 aromatic heterocycles. The van der Waals surface area contributed by atoms with E-state index in [1.54, 1.807) is 25.1 Å². The topological polar surface area (TPSA) is 93.7 Å². The van der Waals surface area contributed by atoms with Gasteiger partial charge in [-0.1, -0.05) is 6.07 Å². The second kappa shape index (κ2) is 7.78. The second-order valence-electron chi connectivity index (χ2n) is 3.77. The molecule has 0 radical (unpaired) electrons. The molecule has 0 unspecified atom stereocenters. The minimum absolute atomic E-state index is 0.281. The van der Waals surface area contributed by atoms with E-state index in [9.17, 15) is 14.4 Å². The second-order valence-corrected chi connectivity index (χ2v) is 3.77. The molecule has 0 aliphatic rings. The predicted molar refractivity (Wildman–Crippen MR) is 69.9 cm³/mol. The average molecular weight is 280 g/mol. The lowest BCUT2D eigenvalue weighted by Gasteiger charge is -2.08. The summed E-state index contributed by atoms with van der Waals surface area (Å²) in [5, 5.41) is 0. The number of hydrazine groups is 1. The summed E-state index contributed by atoms with van der Waals surface area (Å²) in [6.45, 7) is 2.98. The fourth-order valence-corrected chi connectivity index (χ4v) is 1.27. The van der Waals surface area contributed by atoms with Crippen molar-refractivity contribution in [1.82, 2.24) is 10.9 Å². The van der Waals surface area contributed by atoms with Crippen molar-refractivity contribution in [3.63, 3.8) is 0 Å². The maximum Gasteiger partial charge on any atom is 0.338 e. The fourth-order valence-electron chi connectivity index (χ4n) is 1.27. The van der Waals surface area contributed by atoms with Crippen molar-refractivity contribution in [2.45, 2.75) is 13.8 Å². The summed E-state index contributed by atoms with van der Waals surface area (Å²) >= 11 is 0. The maximum atomic E-state index is 11.5. The molecule has 2 N–H and O–H groups in total. The highest BCUT2D eigenvalue weighted by molar-refractivity contribution is 5.89. The number of nitrogens with one attached hydrogen (secondary N) is 2. The molecule has 0 aliphatic heterocycles. The van der Waals surface area contributed by atoms with Gasteiger partial charge in [0.25, 0.3) is 5.91 Å². The number of hydrogen-bond donors (Lipinski definition) is 2. The molecular weight excluding hydrogens is 264 g/mol. The van der Waals surface area contributed by atoms with Crippen molar-refractivity contribution in [3.8, 4) is 5.75 Å². The van der Waals surface area contributed by atoms with Crippen molar-refractivity contribution in [3.05, 3.63) is 29.8 Å². The van der Waals surface area contributed by atoms with E-state index in [-0.39, 0.29) is 19.1 Å². The third-order valence-corrected chi connectivity index (χ3v) is 2.09. The summed E-state index contributed by atoms with van der Waals surface area (Å²) in [6, 6.07) is 6.29. The minimum Gasteiger partial charge on any atom is -0.484 e. The summed E-state index contributed by atoms with van der Waals surface area (Å²) < 4.78 is 10.1. The van der Waals surface area contributed by atoms with Gasteiger partial charge in [-0.05, 0) is 25.1 Å². The Labute approximate surface area is 116 Å². The first kappa shape index (κ1) is 15.5. The van der Waals surface area contributed by atoms with Gasteiger partial charge in [-0.15, -0.1) is 0 Å². The van der Waals surface area contributed by atoms with E-state index in [1.807, 2.05) is 0 Å². The van der Waals surface area contributed by atoms with E-state index in [2.05, 4.69) is 10.9 Å². The Bertz CT molecular complexity index is 501. The van der Waals surface area contributed by atoms with Crippen molar-refractivity contribution in [2.75, 3.05) is 13.2 Å². The largest absolute Gasteiger partial charge is 0.484 e. The molecule has 7 nitrogen and oxygen atoms in total. The molecular formula is C13H16N2O5. The standard InChI is InChI=1S/C13H16N2O5/c1-3-19-13(18)10-5-4-6-11(7-10)20-8-12(17)15-14-9(2)16/h4-7H,3,8H2,1-2H3,(H,14,16)(H,15,17). The van der Waals surface area contributed by atoms with Crippen LogP contribution in [0.25, 0.3) is 0 Å². The number of ether oxygens (including phenoxy) is 2. The van der Waals surface area contributed by atoms with Crippen LogP contribution in [0.2, 0.25) is 0 Å². The van der Waals surface area contributed by atoms with Crippen LogP contribution in [0.1, 0.15) is 24.2 Å². The molecule has 0 aliphatic carbocycles. The van der Waals surface area contributed by atoms with Gasteiger partial charge in [-0.3, -0.25) is 20.4 Å². The van der Waals surface area contributed by atoms with Gasteiger partial charge in [0.1, 0.15) is 5.75 Å². The van der Waals surface area contributed by atoms with Crippen LogP contribution in [0.3, 0.4) is 0 Å². The molecule has 0 heterocycles. The van der Waals surface area contributed by atoms with Crippen molar-refractivity contribution < 1.29 is 23.9 Å². The van der Waals surface area contributed by atoms with Crippen molar-refractivity contribution in [2.24, 2.45) is 0 Å². The lowest BCUT2D eigenvalue weighted by atomic mass is 10.2. The van der Waals surface area contributed by atoms with Crippen LogP contribution in [0, 0.1) is 0 Å². The third-order valence-electron chi connectivity index (χ3n) is 2.09. The molecule has 108 valence electrons. The molecule has 7 heteroatoms. The Balaban J connectivity index is 2.52. The van der Waals surface area contributed by atoms with E-state index in [1.165, 1.54) is 13.0 Å². The Morgan fingerprint density at radius 1 is 1.20 bits per heavy atom. The zero-order chi connectivity index (χ0) is 15.0. The monoisotopic (exact) mass is 280 g/mol. The molecule has 0 saturated heterocycles. The Kier molecular flexibility index (Phi) is 6.02. The summed E-state index contributed by atoms with van der Waals surface area (Å²) in [5.74, 6) is -1.00. The molecule has 0 bridgehead atoms. The number of esters is 1. The number of carbonyl (C=O) groups excluding carboxylic acids is 3. The summed E-state index contributed by atoms with van der Waals surface area (Å²) in [5.41, 5.74) is 4.63. The fraction of sp³-hybridized carbons (Fsp3) is 0.308. The number of amides is 2. The molecule has 20 heavy (non-hydrogen) atoms. The average Bonchev–Trinajstić information content (AvgIpc) is 2.43. The molecule has 2 amide bonds. The van der Waals surface area contributed by atoms with Gasteiger partial charge in [0, 0.05) is 6.92 Å². The first-order valence-electron chi connectivity index (χ1n) is 5.98. The van der Waals surface area contributed by atoms with Gasteiger partial charge in [-0.25, -0.2) is 4.79 Å². The Morgan fingerprint density at radius 2 is 1.95 bits per heavy atom. The van der Waals surface area contributed by atoms with Crippen molar-refractivity contribution in [1.29, 1.82) is 0 Å². The van der Waals surface area contributed by atoms with Crippen LogP contribution in [-0.2, 0) is 14.3 Å². The van der Waals surface area contributed by atoms with Gasteiger partial charge >= 0.3 is 5.97 Å². The van der Waals surface area contributed by atoms with Gasteiger partial charge in [-0.2, -0.15) is 0 Å². The van der Waals surface area contributed by atoms with E-state index in [4.69, 9.17) is 9.47 Å². The Hall–Kier alpha value is -2.57. The number of benzene rings is 1. The molecule has 1 aromatic carbocycles. The Morgan fingerprint density at radius 3 is 2.60 bits per heavy atom. The van der Waals surface area contributed by atoms with Crippen LogP contribution in [0.5, 0.6) is 5.75 Å². The van der Waals surface area contributed by atoms with E-state index in [0.29, 0.717) is 11.3 Å². The minimum atomic E-state index is -0.512. The van der Waals surface area contributed by atoms with Crippen LogP contribution in [0.15, 0.2) is 24.3 Å². The van der Waals surface area contributed by atoms with Crippen LogP contribution in [-0.4, -0.2) is 31.0 Å². The number of carbonyl (C=O) groups is 3. The molecule has 0 saturated carbocycles. The van der Waals surface area contributed by atoms with Gasteiger partial charge in [0.2, 0.25) is 5.91 Å². The van der Waals surface area contributed by atoms with Gasteiger partial charge in [0.05, 0.1) is 12.2 Å². The number of rotatable bonds is 5. The van der Waals surface area contributed by atoms with Crippen molar-refractivity contribution >= 4 is 17.8 Å². The SMILES string of the molecule is CCOC(=O)c1cccc(OCC(=O)NNC(C)=O)c1. The number of hydrogen-bond acceptors (Lipinski definition) is 5. The highest BCUT2D eigenvalue weighted by Crippen LogP contribution is 2.14. The zero-order valence-corrected chi connectivity index (χ0v) is 11.3.